The van der Waals surface area contributed by atoms with Crippen LogP contribution in [0.15, 0.2) is 42.7 Å². The summed E-state index contributed by atoms with van der Waals surface area (Å²) in [5, 5.41) is 0. The van der Waals surface area contributed by atoms with E-state index in [4.69, 9.17) is 0 Å². The summed E-state index contributed by atoms with van der Waals surface area (Å²) in [6, 6.07) is 7.89. The first-order valence-electron chi connectivity index (χ1n) is 5.07. The van der Waals surface area contributed by atoms with E-state index in [2.05, 4.69) is 4.98 Å². The molecule has 0 aliphatic carbocycles. The zero-order chi connectivity index (χ0) is 12.5. The Bertz CT molecular complexity index is 515. The van der Waals surface area contributed by atoms with Gasteiger partial charge in [0.15, 0.2) is 0 Å². The number of aryl methyl sites for hydroxylation is 1. The van der Waals surface area contributed by atoms with Crippen molar-refractivity contribution in [3.05, 3.63) is 53.9 Å². The van der Waals surface area contributed by atoms with Crippen LogP contribution < -0.4 is 0 Å². The summed E-state index contributed by atoms with van der Waals surface area (Å²) in [6.07, 6.45) is -1.96. The third kappa shape index (κ3) is 2.46. The molecule has 0 fully saturated rings. The van der Waals surface area contributed by atoms with Gasteiger partial charge in [0.25, 0.3) is 0 Å². The lowest BCUT2D eigenvalue weighted by Gasteiger charge is -2.12. The standard InChI is InChI=1S/C13H10F3N/c1-9-2-4-10(5-3-9)11-8-17-7-6-12(11)13(14,15)16/h2-8H,1H3. The molecule has 0 amide bonds. The smallest absolute Gasteiger partial charge is 0.264 e. The minimum absolute atomic E-state index is 0.111. The summed E-state index contributed by atoms with van der Waals surface area (Å²) < 4.78 is 38.4. The number of alkyl halides is 3. The molecule has 1 aromatic heterocycles. The molecule has 0 unspecified atom stereocenters. The molecule has 0 spiro atoms. The lowest BCUT2D eigenvalue weighted by molar-refractivity contribution is -0.137. The fourth-order valence-corrected chi connectivity index (χ4v) is 1.60. The predicted octanol–water partition coefficient (Wildman–Crippen LogP) is 4.08. The molecule has 0 radical (unpaired) electrons. The van der Waals surface area contributed by atoms with Crippen molar-refractivity contribution in [3.8, 4) is 11.1 Å². The number of benzene rings is 1. The number of aromatic nitrogens is 1. The van der Waals surface area contributed by atoms with Crippen molar-refractivity contribution < 1.29 is 13.2 Å². The SMILES string of the molecule is Cc1ccc(-c2cnccc2C(F)(F)F)cc1. The van der Waals surface area contributed by atoms with Gasteiger partial charge < -0.3 is 0 Å². The minimum Gasteiger partial charge on any atom is -0.264 e. The van der Waals surface area contributed by atoms with Gasteiger partial charge in [-0.05, 0) is 18.6 Å². The van der Waals surface area contributed by atoms with Crippen LogP contribution in [0, 0.1) is 6.92 Å². The van der Waals surface area contributed by atoms with E-state index in [0.29, 0.717) is 5.56 Å². The third-order valence-electron chi connectivity index (χ3n) is 2.49. The zero-order valence-electron chi connectivity index (χ0n) is 9.12. The van der Waals surface area contributed by atoms with Gasteiger partial charge in [-0.2, -0.15) is 13.2 Å². The third-order valence-corrected chi connectivity index (χ3v) is 2.49. The van der Waals surface area contributed by atoms with Crippen LogP contribution >= 0.6 is 0 Å². The molecular formula is C13H10F3N. The fourth-order valence-electron chi connectivity index (χ4n) is 1.60. The predicted molar refractivity (Wildman–Crippen MR) is 59.4 cm³/mol. The van der Waals surface area contributed by atoms with Gasteiger partial charge in [0.2, 0.25) is 0 Å². The maximum atomic E-state index is 12.8. The van der Waals surface area contributed by atoms with Crippen molar-refractivity contribution in [1.82, 2.24) is 4.98 Å². The molecule has 0 saturated carbocycles. The van der Waals surface area contributed by atoms with Crippen LogP contribution in [0.2, 0.25) is 0 Å². The Morgan fingerprint density at radius 3 is 2.24 bits per heavy atom. The maximum absolute atomic E-state index is 12.8. The number of rotatable bonds is 1. The fraction of sp³-hybridized carbons (Fsp3) is 0.154. The van der Waals surface area contributed by atoms with E-state index in [-0.39, 0.29) is 5.56 Å². The van der Waals surface area contributed by atoms with Crippen molar-refractivity contribution in [3.63, 3.8) is 0 Å². The second-order valence-electron chi connectivity index (χ2n) is 3.79. The highest BCUT2D eigenvalue weighted by Crippen LogP contribution is 2.36. The number of hydrogen-bond acceptors (Lipinski definition) is 1. The molecule has 1 heterocycles. The summed E-state index contributed by atoms with van der Waals surface area (Å²) >= 11 is 0. The van der Waals surface area contributed by atoms with Crippen LogP contribution in [0.3, 0.4) is 0 Å². The van der Waals surface area contributed by atoms with Gasteiger partial charge in [-0.3, -0.25) is 4.98 Å². The molecule has 88 valence electrons. The zero-order valence-corrected chi connectivity index (χ0v) is 9.12. The molecular weight excluding hydrogens is 227 g/mol. The average molecular weight is 237 g/mol. The molecule has 1 nitrogen and oxygen atoms in total. The lowest BCUT2D eigenvalue weighted by Crippen LogP contribution is -2.07. The van der Waals surface area contributed by atoms with Crippen LogP contribution in [0.5, 0.6) is 0 Å². The number of hydrogen-bond donors (Lipinski definition) is 0. The van der Waals surface area contributed by atoms with Crippen molar-refractivity contribution in [2.75, 3.05) is 0 Å². The van der Waals surface area contributed by atoms with E-state index >= 15 is 0 Å². The second-order valence-corrected chi connectivity index (χ2v) is 3.79. The Balaban J connectivity index is 2.56. The highest BCUT2D eigenvalue weighted by atomic mass is 19.4. The molecule has 0 saturated heterocycles. The van der Waals surface area contributed by atoms with Gasteiger partial charge in [0.1, 0.15) is 0 Å². The average Bonchev–Trinajstić information content (AvgIpc) is 2.29. The molecule has 17 heavy (non-hydrogen) atoms. The van der Waals surface area contributed by atoms with Crippen molar-refractivity contribution in [2.45, 2.75) is 13.1 Å². The Morgan fingerprint density at radius 1 is 1.00 bits per heavy atom. The molecule has 1 aromatic carbocycles. The highest BCUT2D eigenvalue weighted by Gasteiger charge is 2.33. The van der Waals surface area contributed by atoms with E-state index in [1.807, 2.05) is 6.92 Å². The van der Waals surface area contributed by atoms with E-state index in [1.165, 1.54) is 6.20 Å². The first-order valence-corrected chi connectivity index (χ1v) is 5.07. The Labute approximate surface area is 96.9 Å². The van der Waals surface area contributed by atoms with E-state index < -0.39 is 11.7 Å². The molecule has 0 bridgehead atoms. The monoisotopic (exact) mass is 237 g/mol. The Hall–Kier alpha value is -1.84. The summed E-state index contributed by atoms with van der Waals surface area (Å²) in [4.78, 5) is 3.76. The van der Waals surface area contributed by atoms with Crippen molar-refractivity contribution in [2.24, 2.45) is 0 Å². The molecule has 0 N–H and O–H groups in total. The van der Waals surface area contributed by atoms with E-state index in [1.54, 1.807) is 24.3 Å². The van der Waals surface area contributed by atoms with Gasteiger partial charge >= 0.3 is 6.18 Å². The molecule has 0 aliphatic heterocycles. The summed E-state index contributed by atoms with van der Waals surface area (Å²) in [7, 11) is 0. The van der Waals surface area contributed by atoms with Gasteiger partial charge in [-0.1, -0.05) is 29.8 Å². The first kappa shape index (κ1) is 11.6. The minimum atomic E-state index is -4.36. The topological polar surface area (TPSA) is 12.9 Å². The maximum Gasteiger partial charge on any atom is 0.417 e. The van der Waals surface area contributed by atoms with Gasteiger partial charge in [-0.15, -0.1) is 0 Å². The van der Waals surface area contributed by atoms with Crippen LogP contribution in [0.25, 0.3) is 11.1 Å². The van der Waals surface area contributed by atoms with Crippen LogP contribution in [0.1, 0.15) is 11.1 Å². The second kappa shape index (κ2) is 4.20. The quantitative estimate of drug-likeness (QED) is 0.728. The van der Waals surface area contributed by atoms with Crippen LogP contribution in [0.4, 0.5) is 13.2 Å². The lowest BCUT2D eigenvalue weighted by atomic mass is 10.0. The molecule has 2 rings (SSSR count). The number of halogens is 3. The van der Waals surface area contributed by atoms with Gasteiger partial charge in [-0.25, -0.2) is 0 Å². The largest absolute Gasteiger partial charge is 0.417 e. The number of pyridine rings is 1. The van der Waals surface area contributed by atoms with Crippen molar-refractivity contribution >= 4 is 0 Å². The summed E-state index contributed by atoms with van der Waals surface area (Å²) in [5.74, 6) is 0. The first-order chi connectivity index (χ1) is 7.98. The Morgan fingerprint density at radius 2 is 1.65 bits per heavy atom. The summed E-state index contributed by atoms with van der Waals surface area (Å²) in [6.45, 7) is 1.89. The van der Waals surface area contributed by atoms with Crippen LogP contribution in [-0.2, 0) is 6.18 Å². The van der Waals surface area contributed by atoms with Gasteiger partial charge in [0.05, 0.1) is 5.56 Å². The molecule has 2 aromatic rings. The van der Waals surface area contributed by atoms with E-state index in [0.717, 1.165) is 17.8 Å². The van der Waals surface area contributed by atoms with E-state index in [9.17, 15) is 13.2 Å². The highest BCUT2D eigenvalue weighted by molar-refractivity contribution is 5.67. The molecule has 0 aliphatic rings. The molecule has 4 heteroatoms. The number of nitrogens with zero attached hydrogens (tertiary/aromatic N) is 1. The Kier molecular flexibility index (Phi) is 2.88. The van der Waals surface area contributed by atoms with Gasteiger partial charge in [0, 0.05) is 18.0 Å². The van der Waals surface area contributed by atoms with Crippen LogP contribution in [-0.4, -0.2) is 4.98 Å². The summed E-state index contributed by atoms with van der Waals surface area (Å²) in [5.41, 5.74) is 0.985. The molecule has 0 atom stereocenters. The van der Waals surface area contributed by atoms with Crippen molar-refractivity contribution in [1.29, 1.82) is 0 Å². The normalized spacial score (nSPS) is 11.5.